The first kappa shape index (κ1) is 14.0. The molecule has 7 nitrogen and oxygen atoms in total. The van der Waals surface area contributed by atoms with Crippen molar-refractivity contribution in [3.63, 3.8) is 0 Å². The van der Waals surface area contributed by atoms with Gasteiger partial charge < -0.3 is 14.2 Å². The number of methoxy groups -OCH3 is 1. The van der Waals surface area contributed by atoms with E-state index in [-0.39, 0.29) is 5.97 Å². The summed E-state index contributed by atoms with van der Waals surface area (Å²) in [6, 6.07) is 0. The second kappa shape index (κ2) is 6.63. The first-order chi connectivity index (χ1) is 9.19. The molecule has 0 atom stereocenters. The fourth-order valence-corrected chi connectivity index (χ4v) is 2.17. The summed E-state index contributed by atoms with van der Waals surface area (Å²) in [5.74, 6) is 0.851. The van der Waals surface area contributed by atoms with Crippen molar-refractivity contribution in [2.75, 3.05) is 39.8 Å². The zero-order valence-electron chi connectivity index (χ0n) is 11.6. The van der Waals surface area contributed by atoms with Crippen molar-refractivity contribution in [3.05, 3.63) is 12.2 Å². The fraction of sp³-hybridized carbons (Fsp3) is 0.750. The van der Waals surface area contributed by atoms with Crippen LogP contribution < -0.4 is 0 Å². The molecular formula is C12H21N5O2. The minimum Gasteiger partial charge on any atom is -0.469 e. The number of aromatic nitrogens is 3. The maximum absolute atomic E-state index is 11.1. The quantitative estimate of drug-likeness (QED) is 0.670. The molecule has 0 bridgehead atoms. The van der Waals surface area contributed by atoms with E-state index >= 15 is 0 Å². The van der Waals surface area contributed by atoms with E-state index in [1.807, 2.05) is 11.6 Å². The molecule has 19 heavy (non-hydrogen) atoms. The minimum atomic E-state index is -0.137. The van der Waals surface area contributed by atoms with Gasteiger partial charge in [0.1, 0.15) is 12.2 Å². The standard InChI is InChI=1S/C12H21N5O2/c1-15-10-13-14-11(15)9-17-7-5-16(6-8-17)4-3-12(18)19-2/h10H,3-9H2,1-2H3. The molecular weight excluding hydrogens is 246 g/mol. The molecule has 7 heteroatoms. The van der Waals surface area contributed by atoms with Gasteiger partial charge in [0, 0.05) is 39.8 Å². The molecule has 106 valence electrons. The SMILES string of the molecule is COC(=O)CCN1CCN(Cc2nncn2C)CC1. The number of esters is 1. The van der Waals surface area contributed by atoms with E-state index in [1.165, 1.54) is 7.11 Å². The van der Waals surface area contributed by atoms with E-state index in [2.05, 4.69) is 24.7 Å². The third kappa shape index (κ3) is 4.00. The van der Waals surface area contributed by atoms with Crippen LogP contribution in [0.5, 0.6) is 0 Å². The highest BCUT2D eigenvalue weighted by Gasteiger charge is 2.18. The van der Waals surface area contributed by atoms with Crippen LogP contribution in [0.2, 0.25) is 0 Å². The van der Waals surface area contributed by atoms with E-state index in [1.54, 1.807) is 6.33 Å². The Hall–Kier alpha value is -1.47. The number of carbonyl (C=O) groups excluding carboxylic acids is 1. The first-order valence-electron chi connectivity index (χ1n) is 6.53. The Balaban J connectivity index is 1.70. The Labute approximate surface area is 113 Å². The molecule has 0 saturated carbocycles. The van der Waals surface area contributed by atoms with Gasteiger partial charge in [-0.3, -0.25) is 9.69 Å². The summed E-state index contributed by atoms with van der Waals surface area (Å²) in [6.45, 7) is 5.57. The lowest BCUT2D eigenvalue weighted by Crippen LogP contribution is -2.46. The molecule has 0 spiro atoms. The van der Waals surface area contributed by atoms with E-state index in [4.69, 9.17) is 0 Å². The van der Waals surface area contributed by atoms with Crippen molar-refractivity contribution in [2.45, 2.75) is 13.0 Å². The van der Waals surface area contributed by atoms with Gasteiger partial charge in [-0.1, -0.05) is 0 Å². The molecule has 0 radical (unpaired) electrons. The number of ether oxygens (including phenoxy) is 1. The third-order valence-electron chi connectivity index (χ3n) is 3.49. The van der Waals surface area contributed by atoms with Crippen LogP contribution in [-0.2, 0) is 23.1 Å². The molecule has 1 aromatic heterocycles. The molecule has 0 aromatic carbocycles. The van der Waals surface area contributed by atoms with Crippen molar-refractivity contribution >= 4 is 5.97 Å². The highest BCUT2D eigenvalue weighted by molar-refractivity contribution is 5.69. The summed E-state index contributed by atoms with van der Waals surface area (Å²) in [6.07, 6.45) is 2.20. The average Bonchev–Trinajstić information content (AvgIpc) is 2.83. The van der Waals surface area contributed by atoms with Crippen LogP contribution in [0.4, 0.5) is 0 Å². The monoisotopic (exact) mass is 267 g/mol. The fourth-order valence-electron chi connectivity index (χ4n) is 2.17. The summed E-state index contributed by atoms with van der Waals surface area (Å²) in [5.41, 5.74) is 0. The van der Waals surface area contributed by atoms with Gasteiger partial charge in [-0.15, -0.1) is 10.2 Å². The zero-order chi connectivity index (χ0) is 13.7. The van der Waals surface area contributed by atoms with Gasteiger partial charge in [-0.05, 0) is 0 Å². The predicted octanol–water partition coefficient (Wildman–Crippen LogP) is -0.504. The van der Waals surface area contributed by atoms with Crippen molar-refractivity contribution in [1.82, 2.24) is 24.6 Å². The number of nitrogens with zero attached hydrogens (tertiary/aromatic N) is 5. The van der Waals surface area contributed by atoms with Gasteiger partial charge in [0.2, 0.25) is 0 Å². The Morgan fingerprint density at radius 1 is 1.32 bits per heavy atom. The van der Waals surface area contributed by atoms with Gasteiger partial charge in [0.05, 0.1) is 20.1 Å². The number of hydrogen-bond acceptors (Lipinski definition) is 6. The number of rotatable bonds is 5. The Bertz CT molecular complexity index is 412. The predicted molar refractivity (Wildman–Crippen MR) is 69.4 cm³/mol. The molecule has 0 aliphatic carbocycles. The van der Waals surface area contributed by atoms with E-state index in [0.717, 1.165) is 45.1 Å². The first-order valence-corrected chi connectivity index (χ1v) is 6.53. The smallest absolute Gasteiger partial charge is 0.306 e. The topological polar surface area (TPSA) is 63.5 Å². The number of hydrogen-bond donors (Lipinski definition) is 0. The van der Waals surface area contributed by atoms with Crippen LogP contribution >= 0.6 is 0 Å². The average molecular weight is 267 g/mol. The molecule has 0 amide bonds. The summed E-state index contributed by atoms with van der Waals surface area (Å²) in [5, 5.41) is 7.98. The number of carbonyl (C=O) groups is 1. The number of piperazine rings is 1. The van der Waals surface area contributed by atoms with E-state index < -0.39 is 0 Å². The van der Waals surface area contributed by atoms with Gasteiger partial charge in [0.15, 0.2) is 0 Å². The van der Waals surface area contributed by atoms with Crippen LogP contribution in [0.15, 0.2) is 6.33 Å². The van der Waals surface area contributed by atoms with Gasteiger partial charge in [-0.2, -0.15) is 0 Å². The molecule has 1 saturated heterocycles. The number of aryl methyl sites for hydroxylation is 1. The van der Waals surface area contributed by atoms with Gasteiger partial charge >= 0.3 is 5.97 Å². The molecule has 2 heterocycles. The largest absolute Gasteiger partial charge is 0.469 e. The molecule has 0 unspecified atom stereocenters. The van der Waals surface area contributed by atoms with E-state index in [9.17, 15) is 4.79 Å². The van der Waals surface area contributed by atoms with Crippen LogP contribution in [0.25, 0.3) is 0 Å². The lowest BCUT2D eigenvalue weighted by Gasteiger charge is -2.34. The summed E-state index contributed by atoms with van der Waals surface area (Å²) in [7, 11) is 3.39. The van der Waals surface area contributed by atoms with Crippen molar-refractivity contribution in [2.24, 2.45) is 7.05 Å². The molecule has 1 aliphatic heterocycles. The lowest BCUT2D eigenvalue weighted by atomic mass is 10.3. The molecule has 1 aromatic rings. The summed E-state index contributed by atoms with van der Waals surface area (Å²) >= 11 is 0. The van der Waals surface area contributed by atoms with Crippen molar-refractivity contribution < 1.29 is 9.53 Å². The highest BCUT2D eigenvalue weighted by atomic mass is 16.5. The van der Waals surface area contributed by atoms with Gasteiger partial charge in [0.25, 0.3) is 0 Å². The Morgan fingerprint density at radius 2 is 2.00 bits per heavy atom. The maximum atomic E-state index is 11.1. The normalized spacial score (nSPS) is 17.6. The van der Waals surface area contributed by atoms with Crippen LogP contribution in [0.3, 0.4) is 0 Å². The minimum absolute atomic E-state index is 0.137. The van der Waals surface area contributed by atoms with Crippen LogP contribution in [0.1, 0.15) is 12.2 Å². The van der Waals surface area contributed by atoms with Crippen molar-refractivity contribution in [1.29, 1.82) is 0 Å². The van der Waals surface area contributed by atoms with Crippen molar-refractivity contribution in [3.8, 4) is 0 Å². The second-order valence-electron chi connectivity index (χ2n) is 4.80. The molecule has 0 N–H and O–H groups in total. The van der Waals surface area contributed by atoms with Crippen LogP contribution in [0, 0.1) is 0 Å². The van der Waals surface area contributed by atoms with Gasteiger partial charge in [-0.25, -0.2) is 0 Å². The van der Waals surface area contributed by atoms with Crippen LogP contribution in [-0.4, -0.2) is 70.4 Å². The zero-order valence-corrected chi connectivity index (χ0v) is 11.6. The maximum Gasteiger partial charge on any atom is 0.306 e. The Morgan fingerprint density at radius 3 is 2.58 bits per heavy atom. The third-order valence-corrected chi connectivity index (χ3v) is 3.49. The Kier molecular flexibility index (Phi) is 4.86. The molecule has 2 rings (SSSR count). The molecule has 1 fully saturated rings. The highest BCUT2D eigenvalue weighted by Crippen LogP contribution is 2.06. The summed E-state index contributed by atoms with van der Waals surface area (Å²) in [4.78, 5) is 15.7. The second-order valence-corrected chi connectivity index (χ2v) is 4.80. The summed E-state index contributed by atoms with van der Waals surface area (Å²) < 4.78 is 6.60. The lowest BCUT2D eigenvalue weighted by molar-refractivity contribution is -0.141. The van der Waals surface area contributed by atoms with E-state index in [0.29, 0.717) is 6.42 Å². The molecule has 1 aliphatic rings.